The van der Waals surface area contributed by atoms with E-state index in [2.05, 4.69) is 6.92 Å². The molecule has 0 bridgehead atoms. The van der Waals surface area contributed by atoms with Crippen LogP contribution in [0.15, 0.2) is 0 Å². The third kappa shape index (κ3) is 19.7. The van der Waals surface area contributed by atoms with Gasteiger partial charge in [-0.3, -0.25) is 4.79 Å². The first-order valence-corrected chi connectivity index (χ1v) is 9.76. The van der Waals surface area contributed by atoms with E-state index in [1.54, 1.807) is 0 Å². The van der Waals surface area contributed by atoms with Crippen molar-refractivity contribution in [2.45, 2.75) is 122 Å². The summed E-state index contributed by atoms with van der Waals surface area (Å²) < 4.78 is 0. The molecular weight excluding hydrogens is 256 g/mol. The minimum Gasteiger partial charge on any atom is -0.291 e. The molecule has 0 aromatic carbocycles. The van der Waals surface area contributed by atoms with Crippen molar-refractivity contribution in [3.8, 4) is 0 Å². The standard InChI is InChI=1S/C20H39O/c1-2-3-4-5-6-7-8-9-10-11-12-13-14-15-16-17-18-19-20-21/h2-19H2,1H3. The van der Waals surface area contributed by atoms with E-state index in [0.29, 0.717) is 6.42 Å². The molecule has 0 amide bonds. The van der Waals surface area contributed by atoms with Crippen molar-refractivity contribution < 1.29 is 4.79 Å². The fourth-order valence-electron chi connectivity index (χ4n) is 2.92. The summed E-state index contributed by atoms with van der Waals surface area (Å²) >= 11 is 0. The molecule has 0 aliphatic rings. The molecule has 21 heavy (non-hydrogen) atoms. The Bertz CT molecular complexity index is 188. The first kappa shape index (κ1) is 20.7. The number of rotatable bonds is 18. The zero-order chi connectivity index (χ0) is 15.4. The van der Waals surface area contributed by atoms with E-state index in [-0.39, 0.29) is 0 Å². The summed E-state index contributed by atoms with van der Waals surface area (Å²) in [6, 6.07) is 0. The van der Waals surface area contributed by atoms with E-state index in [1.165, 1.54) is 103 Å². The second-order valence-electron chi connectivity index (χ2n) is 6.55. The van der Waals surface area contributed by atoms with Crippen molar-refractivity contribution in [3.05, 3.63) is 0 Å². The molecule has 0 fully saturated rings. The molecule has 0 aromatic rings. The summed E-state index contributed by atoms with van der Waals surface area (Å²) in [6.45, 7) is 2.28. The Hall–Kier alpha value is -0.330. The lowest BCUT2D eigenvalue weighted by Crippen LogP contribution is -1.84. The average Bonchev–Trinajstić information content (AvgIpc) is 2.50. The summed E-state index contributed by atoms with van der Waals surface area (Å²) in [6.07, 6.45) is 26.2. The van der Waals surface area contributed by atoms with Crippen LogP contribution in [0.2, 0.25) is 0 Å². The molecule has 0 rings (SSSR count). The zero-order valence-electron chi connectivity index (χ0n) is 14.6. The molecule has 0 atom stereocenters. The van der Waals surface area contributed by atoms with Gasteiger partial charge in [-0.05, 0) is 6.42 Å². The maximum absolute atomic E-state index is 10.0. The van der Waals surface area contributed by atoms with E-state index >= 15 is 0 Å². The Morgan fingerprint density at radius 3 is 1.05 bits per heavy atom. The largest absolute Gasteiger partial charge is 0.291 e. The minimum atomic E-state index is 0.638. The monoisotopic (exact) mass is 295 g/mol. The number of hydrogen-bond acceptors (Lipinski definition) is 1. The lowest BCUT2D eigenvalue weighted by atomic mass is 10.0. The van der Waals surface area contributed by atoms with Gasteiger partial charge in [0.05, 0.1) is 0 Å². The van der Waals surface area contributed by atoms with Gasteiger partial charge in [0.1, 0.15) is 0 Å². The molecule has 125 valence electrons. The van der Waals surface area contributed by atoms with Crippen LogP contribution in [0.3, 0.4) is 0 Å². The third-order valence-corrected chi connectivity index (χ3v) is 4.38. The fourth-order valence-corrected chi connectivity index (χ4v) is 2.92. The van der Waals surface area contributed by atoms with Crippen LogP contribution in [0, 0.1) is 0 Å². The molecule has 1 radical (unpaired) electrons. The Balaban J connectivity index is 2.91. The Labute approximate surface area is 134 Å². The van der Waals surface area contributed by atoms with Crippen molar-refractivity contribution in [1.29, 1.82) is 0 Å². The molecular formula is C20H39O. The van der Waals surface area contributed by atoms with E-state index in [1.807, 2.05) is 6.29 Å². The fraction of sp³-hybridized carbons (Fsp3) is 0.950. The van der Waals surface area contributed by atoms with Crippen LogP contribution < -0.4 is 0 Å². The van der Waals surface area contributed by atoms with Crippen LogP contribution in [0.5, 0.6) is 0 Å². The van der Waals surface area contributed by atoms with Gasteiger partial charge in [-0.2, -0.15) is 0 Å². The molecule has 1 heteroatoms. The smallest absolute Gasteiger partial charge is 0.198 e. The van der Waals surface area contributed by atoms with Crippen LogP contribution in [-0.2, 0) is 4.79 Å². The van der Waals surface area contributed by atoms with E-state index in [4.69, 9.17) is 0 Å². The topological polar surface area (TPSA) is 17.1 Å². The van der Waals surface area contributed by atoms with Crippen molar-refractivity contribution in [1.82, 2.24) is 0 Å². The quantitative estimate of drug-likeness (QED) is 0.246. The average molecular weight is 296 g/mol. The zero-order valence-corrected chi connectivity index (χ0v) is 14.6. The normalized spacial score (nSPS) is 10.9. The van der Waals surface area contributed by atoms with E-state index < -0.39 is 0 Å². The first-order valence-electron chi connectivity index (χ1n) is 9.76. The highest BCUT2D eigenvalue weighted by Crippen LogP contribution is 2.14. The summed E-state index contributed by atoms with van der Waals surface area (Å²) in [4.78, 5) is 10.0. The second kappa shape index (κ2) is 19.7. The predicted molar refractivity (Wildman–Crippen MR) is 94.5 cm³/mol. The van der Waals surface area contributed by atoms with Gasteiger partial charge in [-0.15, -0.1) is 0 Å². The minimum absolute atomic E-state index is 0.638. The molecule has 0 saturated heterocycles. The molecule has 0 saturated carbocycles. The lowest BCUT2D eigenvalue weighted by molar-refractivity contribution is 0.524. The maximum Gasteiger partial charge on any atom is 0.198 e. The van der Waals surface area contributed by atoms with Gasteiger partial charge in [0.25, 0.3) is 0 Å². The van der Waals surface area contributed by atoms with Crippen LogP contribution >= 0.6 is 0 Å². The Morgan fingerprint density at radius 1 is 0.476 bits per heavy atom. The summed E-state index contributed by atoms with van der Waals surface area (Å²) in [7, 11) is 0. The molecule has 0 aliphatic carbocycles. The van der Waals surface area contributed by atoms with Gasteiger partial charge in [0, 0.05) is 6.42 Å². The van der Waals surface area contributed by atoms with Crippen molar-refractivity contribution >= 4 is 6.29 Å². The summed E-state index contributed by atoms with van der Waals surface area (Å²) in [5, 5.41) is 0. The molecule has 0 unspecified atom stereocenters. The van der Waals surface area contributed by atoms with Crippen LogP contribution in [0.25, 0.3) is 0 Å². The third-order valence-electron chi connectivity index (χ3n) is 4.38. The van der Waals surface area contributed by atoms with Crippen molar-refractivity contribution in [2.24, 2.45) is 0 Å². The molecule has 0 heterocycles. The molecule has 1 nitrogen and oxygen atoms in total. The van der Waals surface area contributed by atoms with Crippen LogP contribution in [0.4, 0.5) is 0 Å². The SMILES string of the molecule is CCCCCCCCCCCCCCCCCCC[C]=O. The van der Waals surface area contributed by atoms with E-state index in [9.17, 15) is 4.79 Å². The molecule has 0 aliphatic heterocycles. The van der Waals surface area contributed by atoms with Crippen LogP contribution in [0.1, 0.15) is 122 Å². The maximum atomic E-state index is 10.0. The van der Waals surface area contributed by atoms with Crippen molar-refractivity contribution in [3.63, 3.8) is 0 Å². The Kier molecular flexibility index (Phi) is 19.4. The summed E-state index contributed by atoms with van der Waals surface area (Å²) in [5.41, 5.74) is 0. The van der Waals surface area contributed by atoms with Gasteiger partial charge in [-0.1, -0.05) is 110 Å². The highest BCUT2D eigenvalue weighted by Gasteiger charge is 1.94. The highest BCUT2D eigenvalue weighted by molar-refractivity contribution is 5.50. The molecule has 0 spiro atoms. The van der Waals surface area contributed by atoms with E-state index in [0.717, 1.165) is 6.42 Å². The lowest BCUT2D eigenvalue weighted by Gasteiger charge is -2.03. The van der Waals surface area contributed by atoms with Crippen molar-refractivity contribution in [2.75, 3.05) is 0 Å². The van der Waals surface area contributed by atoms with Crippen LogP contribution in [-0.4, -0.2) is 6.29 Å². The van der Waals surface area contributed by atoms with Gasteiger partial charge in [0.15, 0.2) is 6.29 Å². The molecule has 0 aromatic heterocycles. The number of carbonyl (C=O) groups excluding carboxylic acids is 1. The predicted octanol–water partition coefficient (Wildman–Crippen LogP) is 7.14. The molecule has 0 N–H and O–H groups in total. The highest BCUT2D eigenvalue weighted by atomic mass is 16.1. The van der Waals surface area contributed by atoms with Gasteiger partial charge in [-0.25, -0.2) is 0 Å². The van der Waals surface area contributed by atoms with Gasteiger partial charge in [0.2, 0.25) is 0 Å². The number of hydrogen-bond donors (Lipinski definition) is 0. The first-order chi connectivity index (χ1) is 10.4. The summed E-state index contributed by atoms with van der Waals surface area (Å²) in [5.74, 6) is 0. The van der Waals surface area contributed by atoms with Gasteiger partial charge >= 0.3 is 0 Å². The second-order valence-corrected chi connectivity index (χ2v) is 6.55. The van der Waals surface area contributed by atoms with Gasteiger partial charge < -0.3 is 0 Å². The Morgan fingerprint density at radius 2 is 0.762 bits per heavy atom. The number of unbranched alkanes of at least 4 members (excludes halogenated alkanes) is 17.